The largest absolute Gasteiger partial charge is 0.354 e. The quantitative estimate of drug-likeness (QED) is 0.726. The summed E-state index contributed by atoms with van der Waals surface area (Å²) in [6.07, 6.45) is 6.52. The smallest absolute Gasteiger partial charge is 0.223 e. The molecule has 0 radical (unpaired) electrons. The molecule has 146 valence electrons. The molecule has 1 aliphatic carbocycles. The third-order valence-electron chi connectivity index (χ3n) is 5.93. The Hall–Kier alpha value is -1.35. The zero-order valence-corrected chi connectivity index (χ0v) is 17.1. The van der Waals surface area contributed by atoms with Crippen LogP contribution in [0.4, 0.5) is 0 Å². The first-order valence-corrected chi connectivity index (χ1v) is 10.5. The van der Waals surface area contributed by atoms with Gasteiger partial charge in [0.05, 0.1) is 0 Å². The van der Waals surface area contributed by atoms with Crippen LogP contribution in [0.1, 0.15) is 64.5 Å². The van der Waals surface area contributed by atoms with Crippen molar-refractivity contribution in [2.75, 3.05) is 6.54 Å². The van der Waals surface area contributed by atoms with Crippen molar-refractivity contribution >= 4 is 5.91 Å². The molecule has 1 fully saturated rings. The fourth-order valence-corrected chi connectivity index (χ4v) is 4.44. The molecule has 2 rings (SSSR count). The fourth-order valence-electron chi connectivity index (χ4n) is 4.44. The second kappa shape index (κ2) is 10.1. The maximum absolute atomic E-state index is 12.8. The summed E-state index contributed by atoms with van der Waals surface area (Å²) in [4.78, 5) is 12.8. The van der Waals surface area contributed by atoms with Gasteiger partial charge in [-0.15, -0.1) is 0 Å². The molecule has 0 aliphatic heterocycles. The fraction of sp³-hybridized carbons (Fsp3) is 0.696. The van der Waals surface area contributed by atoms with Crippen LogP contribution in [-0.4, -0.2) is 18.5 Å². The van der Waals surface area contributed by atoms with Crippen molar-refractivity contribution in [2.24, 2.45) is 29.4 Å². The summed E-state index contributed by atoms with van der Waals surface area (Å²) in [5.41, 5.74) is 8.95. The lowest BCUT2D eigenvalue weighted by Crippen LogP contribution is -2.45. The summed E-state index contributed by atoms with van der Waals surface area (Å²) in [5, 5.41) is 3.15. The predicted molar refractivity (Wildman–Crippen MR) is 110 cm³/mol. The van der Waals surface area contributed by atoms with Gasteiger partial charge in [0, 0.05) is 18.5 Å². The van der Waals surface area contributed by atoms with E-state index in [1.807, 2.05) is 0 Å². The molecule has 3 nitrogen and oxygen atoms in total. The summed E-state index contributed by atoms with van der Waals surface area (Å²) < 4.78 is 0. The Morgan fingerprint density at radius 3 is 2.69 bits per heavy atom. The van der Waals surface area contributed by atoms with Gasteiger partial charge in [0.2, 0.25) is 5.91 Å². The summed E-state index contributed by atoms with van der Waals surface area (Å²) in [5.74, 6) is 2.08. The van der Waals surface area contributed by atoms with Gasteiger partial charge in [-0.3, -0.25) is 4.79 Å². The first-order valence-electron chi connectivity index (χ1n) is 10.5. The number of nitrogens with two attached hydrogens (primary N) is 1. The normalized spacial score (nSPS) is 24.5. The Balaban J connectivity index is 1.86. The van der Waals surface area contributed by atoms with E-state index in [1.54, 1.807) is 0 Å². The van der Waals surface area contributed by atoms with Crippen LogP contribution in [0.25, 0.3) is 0 Å². The molecule has 1 amide bonds. The third kappa shape index (κ3) is 6.12. The van der Waals surface area contributed by atoms with Gasteiger partial charge in [-0.2, -0.15) is 0 Å². The van der Waals surface area contributed by atoms with Crippen LogP contribution in [0.5, 0.6) is 0 Å². The number of benzene rings is 1. The molecule has 3 heteroatoms. The van der Waals surface area contributed by atoms with Gasteiger partial charge in [0.15, 0.2) is 0 Å². The second-order valence-electron chi connectivity index (χ2n) is 8.71. The second-order valence-corrected chi connectivity index (χ2v) is 8.71. The number of hydrogen-bond donors (Lipinski definition) is 2. The van der Waals surface area contributed by atoms with E-state index >= 15 is 0 Å². The number of rotatable bonds is 8. The lowest BCUT2D eigenvalue weighted by molar-refractivity contribution is -0.129. The Morgan fingerprint density at radius 1 is 1.27 bits per heavy atom. The molecule has 1 aromatic carbocycles. The molecule has 1 saturated carbocycles. The van der Waals surface area contributed by atoms with Crippen LogP contribution in [0.15, 0.2) is 24.3 Å². The number of amides is 1. The van der Waals surface area contributed by atoms with Gasteiger partial charge in [0.1, 0.15) is 0 Å². The van der Waals surface area contributed by atoms with Gasteiger partial charge < -0.3 is 11.1 Å². The maximum atomic E-state index is 12.8. The zero-order valence-electron chi connectivity index (χ0n) is 17.1. The van der Waals surface area contributed by atoms with E-state index in [9.17, 15) is 4.79 Å². The van der Waals surface area contributed by atoms with Crippen LogP contribution in [0.3, 0.4) is 0 Å². The molecule has 1 aliphatic rings. The van der Waals surface area contributed by atoms with Crippen molar-refractivity contribution in [3.8, 4) is 0 Å². The van der Waals surface area contributed by atoms with E-state index in [-0.39, 0.29) is 17.9 Å². The van der Waals surface area contributed by atoms with Gasteiger partial charge in [-0.05, 0) is 54.6 Å². The highest BCUT2D eigenvalue weighted by molar-refractivity contribution is 5.79. The van der Waals surface area contributed by atoms with E-state index in [0.29, 0.717) is 24.3 Å². The van der Waals surface area contributed by atoms with Crippen molar-refractivity contribution in [1.82, 2.24) is 5.32 Å². The minimum atomic E-state index is -0.0330. The average Bonchev–Trinajstić information content (AvgIpc) is 2.60. The lowest BCUT2D eigenvalue weighted by Gasteiger charge is -2.36. The van der Waals surface area contributed by atoms with E-state index in [4.69, 9.17) is 5.73 Å². The van der Waals surface area contributed by atoms with Crippen molar-refractivity contribution < 1.29 is 4.79 Å². The Kier molecular flexibility index (Phi) is 8.15. The molecule has 0 spiro atoms. The van der Waals surface area contributed by atoms with Gasteiger partial charge in [-0.1, -0.05) is 64.8 Å². The lowest BCUT2D eigenvalue weighted by atomic mass is 9.70. The van der Waals surface area contributed by atoms with E-state index in [0.717, 1.165) is 25.7 Å². The van der Waals surface area contributed by atoms with Crippen LogP contribution >= 0.6 is 0 Å². The summed E-state index contributed by atoms with van der Waals surface area (Å²) in [6, 6.07) is 8.65. The summed E-state index contributed by atoms with van der Waals surface area (Å²) in [6.45, 7) is 9.52. The minimum Gasteiger partial charge on any atom is -0.354 e. The number of aryl methyl sites for hydroxylation is 1. The molecule has 0 unspecified atom stereocenters. The zero-order chi connectivity index (χ0) is 19.1. The Morgan fingerprint density at radius 2 is 2.00 bits per heavy atom. The summed E-state index contributed by atoms with van der Waals surface area (Å²) >= 11 is 0. The molecule has 0 bridgehead atoms. The molecule has 4 atom stereocenters. The number of carbonyl (C=O) groups is 1. The molecule has 0 heterocycles. The third-order valence-corrected chi connectivity index (χ3v) is 5.93. The van der Waals surface area contributed by atoms with Crippen molar-refractivity contribution in [3.63, 3.8) is 0 Å². The molecule has 3 N–H and O–H groups in total. The number of carbonyl (C=O) groups excluding carboxylic acids is 1. The molecule has 0 aromatic heterocycles. The topological polar surface area (TPSA) is 55.1 Å². The van der Waals surface area contributed by atoms with Crippen LogP contribution in [-0.2, 0) is 17.6 Å². The highest BCUT2D eigenvalue weighted by Crippen LogP contribution is 2.38. The average molecular weight is 359 g/mol. The van der Waals surface area contributed by atoms with Gasteiger partial charge in [-0.25, -0.2) is 0 Å². The van der Waals surface area contributed by atoms with Crippen LogP contribution in [0.2, 0.25) is 0 Å². The molecule has 0 saturated heterocycles. The van der Waals surface area contributed by atoms with E-state index < -0.39 is 0 Å². The minimum absolute atomic E-state index is 0.0330. The molecular weight excluding hydrogens is 320 g/mol. The molecule has 1 aromatic rings. The highest BCUT2D eigenvalue weighted by atomic mass is 16.1. The summed E-state index contributed by atoms with van der Waals surface area (Å²) in [7, 11) is 0. The van der Waals surface area contributed by atoms with E-state index in [2.05, 4.69) is 57.3 Å². The predicted octanol–water partition coefficient (Wildman–Crippen LogP) is 4.33. The Bertz CT molecular complexity index is 569. The maximum Gasteiger partial charge on any atom is 0.223 e. The molecular formula is C23H38N2O. The molecule has 26 heavy (non-hydrogen) atoms. The first kappa shape index (κ1) is 21.0. The monoisotopic (exact) mass is 358 g/mol. The Labute approximate surface area is 160 Å². The van der Waals surface area contributed by atoms with Crippen LogP contribution in [0, 0.1) is 23.7 Å². The first-order chi connectivity index (χ1) is 12.4. The van der Waals surface area contributed by atoms with Gasteiger partial charge >= 0.3 is 0 Å². The van der Waals surface area contributed by atoms with Gasteiger partial charge in [0.25, 0.3) is 0 Å². The number of nitrogens with one attached hydrogen (secondary N) is 1. The van der Waals surface area contributed by atoms with Crippen molar-refractivity contribution in [3.05, 3.63) is 35.4 Å². The SMILES string of the molecule is CCCc1cccc(C[C@H](N)CNC(=O)[C@@H]2C[C@H](C)CC[C@H]2C(C)C)c1. The van der Waals surface area contributed by atoms with Crippen molar-refractivity contribution in [2.45, 2.75) is 72.3 Å². The number of hydrogen-bond acceptors (Lipinski definition) is 2. The van der Waals surface area contributed by atoms with Crippen LogP contribution < -0.4 is 11.1 Å². The highest BCUT2D eigenvalue weighted by Gasteiger charge is 2.35. The van der Waals surface area contributed by atoms with Crippen molar-refractivity contribution in [1.29, 1.82) is 0 Å². The standard InChI is InChI=1S/C23H38N2O/c1-5-7-18-8-6-9-19(13-18)14-20(24)15-25-23(26)22-12-17(4)10-11-21(22)16(2)3/h6,8-9,13,16-17,20-22H,5,7,10-12,14-15,24H2,1-4H3,(H,25,26)/t17-,20+,21+,22-/m1/s1. The van der Waals surface area contributed by atoms with E-state index in [1.165, 1.54) is 24.0 Å².